The fraction of sp³-hybridized carbons (Fsp3) is 0.176. The van der Waals surface area contributed by atoms with Gasteiger partial charge in [0.05, 0.1) is 18.7 Å². The Labute approximate surface area is 132 Å². The number of hydrogen-bond donors (Lipinski definition) is 1. The number of hydrogen-bond acceptors (Lipinski definition) is 6. The lowest BCUT2D eigenvalue weighted by Crippen LogP contribution is -2.18. The minimum absolute atomic E-state index is 0.0586. The highest BCUT2D eigenvalue weighted by molar-refractivity contribution is 5.92. The van der Waals surface area contributed by atoms with Gasteiger partial charge in [0.2, 0.25) is 0 Å². The monoisotopic (exact) mass is 311 g/mol. The molecule has 116 valence electrons. The molecule has 0 saturated carbocycles. The summed E-state index contributed by atoms with van der Waals surface area (Å²) in [5.74, 6) is -0.187. The van der Waals surface area contributed by atoms with Crippen LogP contribution in [0.15, 0.2) is 36.4 Å². The van der Waals surface area contributed by atoms with Crippen molar-refractivity contribution in [3.63, 3.8) is 0 Å². The number of methoxy groups -OCH3 is 1. The van der Waals surface area contributed by atoms with Crippen LogP contribution in [0.1, 0.15) is 33.2 Å². The fourth-order valence-corrected chi connectivity index (χ4v) is 2.48. The summed E-state index contributed by atoms with van der Waals surface area (Å²) in [6.07, 6.45) is -0.496. The Kier molecular flexibility index (Phi) is 3.87. The Morgan fingerprint density at radius 1 is 1.35 bits per heavy atom. The van der Waals surface area contributed by atoms with Gasteiger partial charge in [0, 0.05) is 5.56 Å². The average Bonchev–Trinajstić information content (AvgIpc) is 2.60. The first-order chi connectivity index (χ1) is 11.1. The van der Waals surface area contributed by atoms with E-state index in [0.717, 1.165) is 0 Å². The molecule has 1 heterocycles. The molecule has 0 fully saturated rings. The van der Waals surface area contributed by atoms with Crippen molar-refractivity contribution >= 4 is 5.97 Å². The molecule has 1 atom stereocenters. The molecule has 1 aliphatic heterocycles. The Bertz CT molecular complexity index is 809. The van der Waals surface area contributed by atoms with Crippen LogP contribution < -0.4 is 4.74 Å². The van der Waals surface area contributed by atoms with E-state index in [9.17, 15) is 9.90 Å². The summed E-state index contributed by atoms with van der Waals surface area (Å²) in [6.45, 7) is 0.0586. The molecule has 1 aliphatic rings. The quantitative estimate of drug-likeness (QED) is 0.857. The minimum Gasteiger partial charge on any atom is -0.507 e. The van der Waals surface area contributed by atoms with Crippen LogP contribution in [-0.4, -0.2) is 25.0 Å². The van der Waals surface area contributed by atoms with Crippen LogP contribution in [0.25, 0.3) is 0 Å². The van der Waals surface area contributed by atoms with Gasteiger partial charge >= 0.3 is 5.97 Å². The van der Waals surface area contributed by atoms with Crippen molar-refractivity contribution in [3.05, 3.63) is 58.7 Å². The van der Waals surface area contributed by atoms with Crippen LogP contribution in [0.2, 0.25) is 0 Å². The van der Waals surface area contributed by atoms with Gasteiger partial charge in [0.1, 0.15) is 23.2 Å². The molecule has 6 nitrogen and oxygen atoms in total. The zero-order valence-electron chi connectivity index (χ0n) is 12.3. The average molecular weight is 311 g/mol. The van der Waals surface area contributed by atoms with E-state index in [2.05, 4.69) is 10.8 Å². The summed E-state index contributed by atoms with van der Waals surface area (Å²) in [7, 11) is 1.25. The van der Waals surface area contributed by atoms with E-state index < -0.39 is 12.1 Å². The molecule has 1 unspecified atom stereocenters. The largest absolute Gasteiger partial charge is 0.507 e. The Morgan fingerprint density at radius 2 is 2.17 bits per heavy atom. The predicted molar refractivity (Wildman–Crippen MR) is 79.0 cm³/mol. The molecular formula is C17H13NO5. The number of carbonyl (C=O) groups is 1. The molecule has 0 bridgehead atoms. The van der Waals surface area contributed by atoms with Gasteiger partial charge in [-0.2, -0.15) is 5.26 Å². The summed E-state index contributed by atoms with van der Waals surface area (Å²) in [5.41, 5.74) is 1.91. The lowest BCUT2D eigenvalue weighted by molar-refractivity contribution is -0.0420. The van der Waals surface area contributed by atoms with Crippen molar-refractivity contribution in [2.24, 2.45) is 0 Å². The number of ether oxygens (including phenoxy) is 3. The van der Waals surface area contributed by atoms with Gasteiger partial charge in [-0.15, -0.1) is 0 Å². The molecule has 23 heavy (non-hydrogen) atoms. The van der Waals surface area contributed by atoms with Crippen molar-refractivity contribution < 1.29 is 24.1 Å². The van der Waals surface area contributed by atoms with Gasteiger partial charge in [0.25, 0.3) is 0 Å². The summed E-state index contributed by atoms with van der Waals surface area (Å²) in [4.78, 5) is 11.5. The number of rotatable bonds is 2. The first-order valence-electron chi connectivity index (χ1n) is 6.83. The summed E-state index contributed by atoms with van der Waals surface area (Å²) in [6, 6.07) is 11.7. The van der Waals surface area contributed by atoms with Crippen LogP contribution in [0.5, 0.6) is 11.5 Å². The molecule has 3 rings (SSSR count). The number of esters is 1. The van der Waals surface area contributed by atoms with Crippen LogP contribution in [0, 0.1) is 11.3 Å². The fourth-order valence-electron chi connectivity index (χ4n) is 2.48. The third-order valence-electron chi connectivity index (χ3n) is 3.60. The first kappa shape index (κ1) is 14.9. The van der Waals surface area contributed by atoms with Crippen molar-refractivity contribution in [1.29, 1.82) is 5.26 Å². The molecule has 2 aromatic rings. The zero-order chi connectivity index (χ0) is 16.4. The van der Waals surface area contributed by atoms with Crippen molar-refractivity contribution in [2.75, 3.05) is 13.9 Å². The molecule has 6 heteroatoms. The summed E-state index contributed by atoms with van der Waals surface area (Å²) in [5, 5.41) is 19.1. The van der Waals surface area contributed by atoms with Crippen LogP contribution >= 0.6 is 0 Å². The molecule has 0 amide bonds. The molecule has 1 N–H and O–H groups in total. The second kappa shape index (κ2) is 5.99. The molecule has 0 radical (unpaired) electrons. The van der Waals surface area contributed by atoms with Gasteiger partial charge in [-0.1, -0.05) is 6.07 Å². The summed E-state index contributed by atoms with van der Waals surface area (Å²) < 4.78 is 15.6. The van der Waals surface area contributed by atoms with E-state index in [-0.39, 0.29) is 18.1 Å². The number of carbonyl (C=O) groups excluding carboxylic acids is 1. The number of nitriles is 1. The van der Waals surface area contributed by atoms with E-state index in [0.29, 0.717) is 22.4 Å². The van der Waals surface area contributed by atoms with Gasteiger partial charge in [-0.3, -0.25) is 0 Å². The van der Waals surface area contributed by atoms with Crippen LogP contribution in [0.4, 0.5) is 0 Å². The normalized spacial score (nSPS) is 15.9. The lowest BCUT2D eigenvalue weighted by Gasteiger charge is -2.27. The maximum absolute atomic E-state index is 11.5. The molecular weight excluding hydrogens is 298 g/mol. The third-order valence-corrected chi connectivity index (χ3v) is 3.60. The highest BCUT2D eigenvalue weighted by Crippen LogP contribution is 2.38. The molecule has 0 spiro atoms. The minimum atomic E-state index is -0.617. The number of phenolic OH excluding ortho intramolecular Hbond substituents is 1. The zero-order valence-corrected chi connectivity index (χ0v) is 12.3. The first-order valence-corrected chi connectivity index (χ1v) is 6.83. The number of benzene rings is 2. The second-order valence-electron chi connectivity index (χ2n) is 4.94. The maximum atomic E-state index is 11.5. The SMILES string of the molecule is COC(=O)c1ccc(C2OCOc3ccc(C#N)cc32)cc1O. The maximum Gasteiger partial charge on any atom is 0.341 e. The van der Waals surface area contributed by atoms with Crippen molar-refractivity contribution in [2.45, 2.75) is 6.10 Å². The van der Waals surface area contributed by atoms with Crippen molar-refractivity contribution in [3.8, 4) is 17.6 Å². The van der Waals surface area contributed by atoms with Crippen LogP contribution in [0.3, 0.4) is 0 Å². The Hall–Kier alpha value is -3.04. The van der Waals surface area contributed by atoms with E-state index >= 15 is 0 Å². The summed E-state index contributed by atoms with van der Waals surface area (Å²) >= 11 is 0. The molecule has 0 aliphatic carbocycles. The topological polar surface area (TPSA) is 88.8 Å². The van der Waals surface area contributed by atoms with Crippen molar-refractivity contribution in [1.82, 2.24) is 0 Å². The number of fused-ring (bicyclic) bond motifs is 1. The third kappa shape index (κ3) is 2.70. The number of aromatic hydroxyl groups is 1. The van der Waals surface area contributed by atoms with Gasteiger partial charge in [0.15, 0.2) is 6.79 Å². The molecule has 0 aromatic heterocycles. The highest BCUT2D eigenvalue weighted by atomic mass is 16.7. The second-order valence-corrected chi connectivity index (χ2v) is 4.94. The van der Waals surface area contributed by atoms with E-state index in [4.69, 9.17) is 14.7 Å². The van der Waals surface area contributed by atoms with E-state index in [1.807, 2.05) is 0 Å². The highest BCUT2D eigenvalue weighted by Gasteiger charge is 2.25. The Balaban J connectivity index is 2.03. The van der Waals surface area contributed by atoms with E-state index in [1.165, 1.54) is 19.2 Å². The van der Waals surface area contributed by atoms with E-state index in [1.54, 1.807) is 24.3 Å². The van der Waals surface area contributed by atoms with Crippen LogP contribution in [-0.2, 0) is 9.47 Å². The van der Waals surface area contributed by atoms with Gasteiger partial charge in [-0.05, 0) is 35.9 Å². The number of nitrogens with zero attached hydrogens (tertiary/aromatic N) is 1. The molecule has 2 aromatic carbocycles. The molecule has 0 saturated heterocycles. The lowest BCUT2D eigenvalue weighted by atomic mass is 9.97. The number of phenols is 1. The predicted octanol–water partition coefficient (Wildman–Crippen LogP) is 2.51. The van der Waals surface area contributed by atoms with Gasteiger partial charge < -0.3 is 19.3 Å². The standard InChI is InChI=1S/C17H13NO5/c1-21-17(20)12-4-3-11(7-14(12)19)16-13-6-10(8-18)2-5-15(13)22-9-23-16/h2-7,16,19H,9H2,1H3. The van der Waals surface area contributed by atoms with Gasteiger partial charge in [-0.25, -0.2) is 4.79 Å². The Morgan fingerprint density at radius 3 is 2.87 bits per heavy atom. The smallest absolute Gasteiger partial charge is 0.341 e.